The number of benzene rings is 2. The Morgan fingerprint density at radius 3 is 2.78 bits per heavy atom. The van der Waals surface area contributed by atoms with Crippen LogP contribution in [0.4, 0.5) is 4.39 Å². The molecule has 0 spiro atoms. The number of hydrogen-bond donors (Lipinski definition) is 2. The molecule has 0 atom stereocenters. The zero-order chi connectivity index (χ0) is 25.9. The van der Waals surface area contributed by atoms with Gasteiger partial charge >= 0.3 is 0 Å². The number of pyridine rings is 1. The average Bonchev–Trinajstić information content (AvgIpc) is 3.45. The molecule has 0 saturated heterocycles. The summed E-state index contributed by atoms with van der Waals surface area (Å²) in [5, 5.41) is 9.75. The van der Waals surface area contributed by atoms with E-state index in [1.165, 1.54) is 23.1 Å². The van der Waals surface area contributed by atoms with E-state index < -0.39 is 0 Å². The monoisotopic (exact) mass is 499 g/mol. The Kier molecular flexibility index (Phi) is 6.90. The number of aryl methyl sites for hydroxylation is 2. The highest BCUT2D eigenvalue weighted by atomic mass is 19.1. The number of amides is 1. The molecule has 5 rings (SSSR count). The van der Waals surface area contributed by atoms with Crippen molar-refractivity contribution in [3.8, 4) is 11.6 Å². The predicted molar refractivity (Wildman–Crippen MR) is 143 cm³/mol. The number of fused-ring (bicyclic) bond motifs is 2. The molecule has 3 heterocycles. The summed E-state index contributed by atoms with van der Waals surface area (Å²) >= 11 is 0. The van der Waals surface area contributed by atoms with Crippen LogP contribution in [0.2, 0.25) is 0 Å². The molecule has 0 unspecified atom stereocenters. The second-order valence-electron chi connectivity index (χ2n) is 9.09. The van der Waals surface area contributed by atoms with Gasteiger partial charge in [0.2, 0.25) is 11.8 Å². The van der Waals surface area contributed by atoms with Crippen LogP contribution in [0.25, 0.3) is 27.6 Å². The number of carbonyl (C=O) groups excluding carboxylic acids is 1. The smallest absolute Gasteiger partial charge is 0.220 e. The molecule has 37 heavy (non-hydrogen) atoms. The van der Waals surface area contributed by atoms with Gasteiger partial charge in [-0.15, -0.1) is 0 Å². The van der Waals surface area contributed by atoms with Gasteiger partial charge in [-0.3, -0.25) is 4.79 Å². The van der Waals surface area contributed by atoms with Gasteiger partial charge in [0.05, 0.1) is 18.0 Å². The largest absolute Gasteiger partial charge is 0.478 e. The van der Waals surface area contributed by atoms with Crippen LogP contribution in [0.15, 0.2) is 54.7 Å². The van der Waals surface area contributed by atoms with E-state index in [9.17, 15) is 9.18 Å². The standard InChI is InChI=1S/C29H30FN5O2/c1-4-37-29-23(12-13-26(36)31-15-14-20-17-32-25-11-6-5-10-24(20)25)18(2)27-19(3)34-35(28(27)33-29)22-9-7-8-21(30)16-22/h5-11,16-17,32H,4,12-15H2,1-3H3,(H,31,36). The van der Waals surface area contributed by atoms with E-state index in [0.29, 0.717) is 43.2 Å². The van der Waals surface area contributed by atoms with Gasteiger partial charge in [0, 0.05) is 41.0 Å². The highest BCUT2D eigenvalue weighted by Gasteiger charge is 2.21. The second-order valence-corrected chi connectivity index (χ2v) is 9.09. The van der Waals surface area contributed by atoms with E-state index >= 15 is 0 Å². The van der Waals surface area contributed by atoms with Crippen molar-refractivity contribution in [1.29, 1.82) is 0 Å². The number of aromatic amines is 1. The predicted octanol–water partition coefficient (Wildman–Crippen LogP) is 5.35. The van der Waals surface area contributed by atoms with Crippen LogP contribution in [0.3, 0.4) is 0 Å². The first-order valence-corrected chi connectivity index (χ1v) is 12.6. The summed E-state index contributed by atoms with van der Waals surface area (Å²) in [6.45, 7) is 6.82. The molecule has 5 aromatic rings. The van der Waals surface area contributed by atoms with Crippen LogP contribution >= 0.6 is 0 Å². The molecule has 0 aliphatic carbocycles. The fraction of sp³-hybridized carbons (Fsp3) is 0.276. The molecule has 3 aromatic heterocycles. The Morgan fingerprint density at radius 2 is 1.97 bits per heavy atom. The lowest BCUT2D eigenvalue weighted by Gasteiger charge is -2.14. The molecule has 2 N–H and O–H groups in total. The van der Waals surface area contributed by atoms with Gasteiger partial charge in [-0.25, -0.2) is 9.07 Å². The molecule has 0 aliphatic heterocycles. The minimum absolute atomic E-state index is 0.0195. The topological polar surface area (TPSA) is 84.8 Å². The molecule has 2 aromatic carbocycles. The van der Waals surface area contributed by atoms with E-state index in [1.54, 1.807) is 16.8 Å². The fourth-order valence-corrected chi connectivity index (χ4v) is 4.87. The third-order valence-electron chi connectivity index (χ3n) is 6.66. The Labute approximate surface area is 214 Å². The van der Waals surface area contributed by atoms with Crippen molar-refractivity contribution in [2.45, 2.75) is 40.0 Å². The first-order chi connectivity index (χ1) is 18.0. The Hall–Kier alpha value is -4.20. The maximum Gasteiger partial charge on any atom is 0.220 e. The number of aromatic nitrogens is 4. The lowest BCUT2D eigenvalue weighted by Crippen LogP contribution is -2.26. The van der Waals surface area contributed by atoms with Crippen LogP contribution in [-0.4, -0.2) is 38.8 Å². The molecule has 190 valence electrons. The van der Waals surface area contributed by atoms with Crippen molar-refractivity contribution < 1.29 is 13.9 Å². The van der Waals surface area contributed by atoms with Crippen molar-refractivity contribution in [1.82, 2.24) is 25.1 Å². The molecular weight excluding hydrogens is 469 g/mol. The summed E-state index contributed by atoms with van der Waals surface area (Å²) in [5.74, 6) is 0.124. The summed E-state index contributed by atoms with van der Waals surface area (Å²) in [5.41, 5.74) is 6.14. The summed E-state index contributed by atoms with van der Waals surface area (Å²) in [4.78, 5) is 20.8. The van der Waals surface area contributed by atoms with Crippen LogP contribution < -0.4 is 10.1 Å². The molecular formula is C29H30FN5O2. The van der Waals surface area contributed by atoms with Crippen molar-refractivity contribution in [3.05, 3.63) is 82.9 Å². The lowest BCUT2D eigenvalue weighted by molar-refractivity contribution is -0.121. The molecule has 0 saturated carbocycles. The number of nitrogens with one attached hydrogen (secondary N) is 2. The minimum Gasteiger partial charge on any atom is -0.478 e. The molecule has 7 nitrogen and oxygen atoms in total. The van der Waals surface area contributed by atoms with E-state index in [-0.39, 0.29) is 11.7 Å². The maximum absolute atomic E-state index is 13.9. The Morgan fingerprint density at radius 1 is 1.14 bits per heavy atom. The van der Waals surface area contributed by atoms with Crippen molar-refractivity contribution in [2.75, 3.05) is 13.2 Å². The van der Waals surface area contributed by atoms with E-state index in [2.05, 4.69) is 21.5 Å². The molecule has 0 bridgehead atoms. The maximum atomic E-state index is 13.9. The number of ether oxygens (including phenoxy) is 1. The van der Waals surface area contributed by atoms with E-state index in [1.807, 2.05) is 45.2 Å². The summed E-state index contributed by atoms with van der Waals surface area (Å²) in [6, 6.07) is 14.4. The highest BCUT2D eigenvalue weighted by molar-refractivity contribution is 5.86. The summed E-state index contributed by atoms with van der Waals surface area (Å²) < 4.78 is 21.4. The van der Waals surface area contributed by atoms with E-state index in [4.69, 9.17) is 9.72 Å². The van der Waals surface area contributed by atoms with Gasteiger partial charge in [0.15, 0.2) is 5.65 Å². The van der Waals surface area contributed by atoms with Crippen molar-refractivity contribution >= 4 is 27.8 Å². The zero-order valence-electron chi connectivity index (χ0n) is 21.3. The lowest BCUT2D eigenvalue weighted by atomic mass is 10.0. The first-order valence-electron chi connectivity index (χ1n) is 12.6. The minimum atomic E-state index is -0.340. The van der Waals surface area contributed by atoms with Gasteiger partial charge in [0.1, 0.15) is 5.82 Å². The zero-order valence-corrected chi connectivity index (χ0v) is 21.3. The highest BCUT2D eigenvalue weighted by Crippen LogP contribution is 2.32. The normalized spacial score (nSPS) is 11.4. The molecule has 8 heteroatoms. The van der Waals surface area contributed by atoms with Gasteiger partial charge in [-0.05, 0) is 69.0 Å². The number of para-hydroxylation sites is 1. The first kappa shape index (κ1) is 24.5. The molecule has 0 fully saturated rings. The molecule has 1 amide bonds. The summed E-state index contributed by atoms with van der Waals surface area (Å²) in [6.07, 6.45) is 3.57. The number of nitrogens with zero attached hydrogens (tertiary/aromatic N) is 3. The number of hydrogen-bond acceptors (Lipinski definition) is 4. The molecule has 0 radical (unpaired) electrons. The molecule has 0 aliphatic rings. The number of rotatable bonds is 9. The van der Waals surface area contributed by atoms with Gasteiger partial charge < -0.3 is 15.0 Å². The van der Waals surface area contributed by atoms with Crippen molar-refractivity contribution in [2.24, 2.45) is 0 Å². The average molecular weight is 500 g/mol. The Bertz CT molecular complexity index is 1590. The third kappa shape index (κ3) is 4.91. The quantitative estimate of drug-likeness (QED) is 0.286. The third-order valence-corrected chi connectivity index (χ3v) is 6.66. The number of carbonyl (C=O) groups is 1. The van der Waals surface area contributed by atoms with Crippen LogP contribution in [-0.2, 0) is 17.6 Å². The van der Waals surface area contributed by atoms with Crippen molar-refractivity contribution in [3.63, 3.8) is 0 Å². The fourth-order valence-electron chi connectivity index (χ4n) is 4.87. The SMILES string of the molecule is CCOc1nc2c(c(C)nn2-c2cccc(F)c2)c(C)c1CCC(=O)NCCc1c[nH]c2ccccc12. The number of halogens is 1. The van der Waals surface area contributed by atoms with Crippen LogP contribution in [0, 0.1) is 19.7 Å². The summed E-state index contributed by atoms with van der Waals surface area (Å²) in [7, 11) is 0. The Balaban J connectivity index is 1.33. The van der Waals surface area contributed by atoms with Gasteiger partial charge in [0.25, 0.3) is 0 Å². The van der Waals surface area contributed by atoms with Gasteiger partial charge in [-0.2, -0.15) is 10.1 Å². The number of H-pyrrole nitrogens is 1. The van der Waals surface area contributed by atoms with Crippen LogP contribution in [0.1, 0.15) is 35.7 Å². The van der Waals surface area contributed by atoms with E-state index in [0.717, 1.165) is 34.1 Å². The second kappa shape index (κ2) is 10.4. The van der Waals surface area contributed by atoms with Gasteiger partial charge in [-0.1, -0.05) is 24.3 Å². The van der Waals surface area contributed by atoms with Crippen LogP contribution in [0.5, 0.6) is 5.88 Å².